The highest BCUT2D eigenvalue weighted by molar-refractivity contribution is 6.38. The summed E-state index contributed by atoms with van der Waals surface area (Å²) in [5.41, 5.74) is 5.06. The molecule has 33 heavy (non-hydrogen) atoms. The third-order valence-corrected chi connectivity index (χ3v) is 5.60. The smallest absolute Gasteiger partial charge is 0.258 e. The second kappa shape index (κ2) is 9.48. The van der Waals surface area contributed by atoms with Gasteiger partial charge in [-0.05, 0) is 50.0 Å². The minimum atomic E-state index is -0.201. The van der Waals surface area contributed by atoms with Gasteiger partial charge in [0, 0.05) is 29.0 Å². The molecule has 0 radical (unpaired) electrons. The summed E-state index contributed by atoms with van der Waals surface area (Å²) in [5, 5.41) is 6.90. The summed E-state index contributed by atoms with van der Waals surface area (Å²) in [6.45, 7) is 0.312. The number of anilines is 3. The van der Waals surface area contributed by atoms with Crippen molar-refractivity contribution in [3.05, 3.63) is 88.9 Å². The standard InChI is InChI=1S/C26H25ClN4O2/c1-30(2)16-23(32)31(3)20-11-7-10-19(15-20)28-25(17-8-5-4-6-9-17)24-21-13-12-18(27)14-22(21)29-26(24)33/h4-15,28H,16H2,1-3H3,(H,29,33)/b25-24-. The predicted molar refractivity (Wildman–Crippen MR) is 135 cm³/mol. The predicted octanol–water partition coefficient (Wildman–Crippen LogP) is 4.80. The number of carbonyl (C=O) groups is 2. The lowest BCUT2D eigenvalue weighted by molar-refractivity contribution is -0.119. The zero-order valence-electron chi connectivity index (χ0n) is 18.7. The van der Waals surface area contributed by atoms with Gasteiger partial charge in [0.15, 0.2) is 0 Å². The number of nitrogens with zero attached hydrogens (tertiary/aromatic N) is 2. The van der Waals surface area contributed by atoms with Crippen molar-refractivity contribution in [3.8, 4) is 0 Å². The maximum absolute atomic E-state index is 13.0. The van der Waals surface area contributed by atoms with Crippen LogP contribution in [0.15, 0.2) is 72.8 Å². The first-order valence-corrected chi connectivity index (χ1v) is 10.9. The van der Waals surface area contributed by atoms with Gasteiger partial charge in [-0.2, -0.15) is 0 Å². The molecule has 0 aromatic heterocycles. The topological polar surface area (TPSA) is 64.7 Å². The number of halogens is 1. The van der Waals surface area contributed by atoms with Crippen LogP contribution in [-0.2, 0) is 9.59 Å². The summed E-state index contributed by atoms with van der Waals surface area (Å²) in [6, 6.07) is 22.6. The van der Waals surface area contributed by atoms with Crippen LogP contribution in [0.25, 0.3) is 11.3 Å². The molecular formula is C26H25ClN4O2. The van der Waals surface area contributed by atoms with E-state index in [0.717, 1.165) is 22.5 Å². The van der Waals surface area contributed by atoms with Gasteiger partial charge in [-0.15, -0.1) is 0 Å². The van der Waals surface area contributed by atoms with E-state index in [1.165, 1.54) is 0 Å². The summed E-state index contributed by atoms with van der Waals surface area (Å²) < 4.78 is 0. The van der Waals surface area contributed by atoms with Gasteiger partial charge in [-0.3, -0.25) is 9.59 Å². The molecule has 0 aliphatic carbocycles. The Hall–Kier alpha value is -3.61. The van der Waals surface area contributed by atoms with E-state index in [2.05, 4.69) is 10.6 Å². The number of likely N-dealkylation sites (N-methyl/N-ethyl adjacent to an activating group) is 2. The van der Waals surface area contributed by atoms with Crippen LogP contribution >= 0.6 is 11.6 Å². The second-order valence-electron chi connectivity index (χ2n) is 8.13. The van der Waals surface area contributed by atoms with Crippen LogP contribution in [0.1, 0.15) is 11.1 Å². The number of fused-ring (bicyclic) bond motifs is 1. The average Bonchev–Trinajstić information content (AvgIpc) is 3.11. The molecular weight excluding hydrogens is 436 g/mol. The Morgan fingerprint density at radius 2 is 1.73 bits per heavy atom. The zero-order valence-corrected chi connectivity index (χ0v) is 19.5. The van der Waals surface area contributed by atoms with Gasteiger partial charge in [-0.25, -0.2) is 0 Å². The summed E-state index contributed by atoms with van der Waals surface area (Å²) in [6.07, 6.45) is 0. The molecule has 0 spiro atoms. The molecule has 2 N–H and O–H groups in total. The van der Waals surface area contributed by atoms with Crippen molar-refractivity contribution >= 4 is 51.7 Å². The quantitative estimate of drug-likeness (QED) is 0.519. The fourth-order valence-electron chi connectivity index (χ4n) is 3.73. The third kappa shape index (κ3) is 4.92. The molecule has 0 unspecified atom stereocenters. The molecule has 168 valence electrons. The van der Waals surface area contributed by atoms with Gasteiger partial charge in [-0.1, -0.05) is 54.1 Å². The third-order valence-electron chi connectivity index (χ3n) is 5.37. The molecule has 0 atom stereocenters. The number of hydrogen-bond donors (Lipinski definition) is 2. The van der Waals surface area contributed by atoms with Gasteiger partial charge >= 0.3 is 0 Å². The highest BCUT2D eigenvalue weighted by Gasteiger charge is 2.28. The lowest BCUT2D eigenvalue weighted by Gasteiger charge is -2.21. The first-order chi connectivity index (χ1) is 15.8. The first-order valence-electron chi connectivity index (χ1n) is 10.5. The Bertz CT molecular complexity index is 1240. The molecule has 1 heterocycles. The van der Waals surface area contributed by atoms with E-state index in [1.807, 2.05) is 79.7 Å². The number of carbonyl (C=O) groups excluding carboxylic acids is 2. The second-order valence-corrected chi connectivity index (χ2v) is 8.56. The first kappa shape index (κ1) is 22.6. The maximum Gasteiger partial charge on any atom is 0.258 e. The number of rotatable bonds is 6. The van der Waals surface area contributed by atoms with Crippen molar-refractivity contribution in [2.24, 2.45) is 0 Å². The van der Waals surface area contributed by atoms with Crippen LogP contribution in [0.3, 0.4) is 0 Å². The van der Waals surface area contributed by atoms with Gasteiger partial charge in [0.05, 0.1) is 23.5 Å². The van der Waals surface area contributed by atoms with Crippen molar-refractivity contribution in [3.63, 3.8) is 0 Å². The monoisotopic (exact) mass is 460 g/mol. The molecule has 2 amide bonds. The zero-order chi connectivity index (χ0) is 23.5. The minimum Gasteiger partial charge on any atom is -0.354 e. The van der Waals surface area contributed by atoms with Crippen LogP contribution < -0.4 is 15.5 Å². The number of amides is 2. The van der Waals surface area contributed by atoms with Crippen LogP contribution in [0, 0.1) is 0 Å². The van der Waals surface area contributed by atoms with Gasteiger partial charge in [0.2, 0.25) is 5.91 Å². The van der Waals surface area contributed by atoms with E-state index in [9.17, 15) is 9.59 Å². The molecule has 0 bridgehead atoms. The van der Waals surface area contributed by atoms with Crippen molar-refractivity contribution in [1.29, 1.82) is 0 Å². The summed E-state index contributed by atoms with van der Waals surface area (Å²) in [7, 11) is 5.48. The normalized spacial score (nSPS) is 14.0. The highest BCUT2D eigenvalue weighted by atomic mass is 35.5. The SMILES string of the molecule is CN(C)CC(=O)N(C)c1cccc(N/C(=C2\C(=O)Nc3cc(Cl)ccc32)c2ccccc2)c1. The average molecular weight is 461 g/mol. The molecule has 0 fully saturated rings. The van der Waals surface area contributed by atoms with Crippen molar-refractivity contribution in [2.75, 3.05) is 43.2 Å². The maximum atomic E-state index is 13.0. The summed E-state index contributed by atoms with van der Waals surface area (Å²) >= 11 is 6.13. The van der Waals surface area contributed by atoms with E-state index in [-0.39, 0.29) is 11.8 Å². The molecule has 4 rings (SSSR count). The Kier molecular flexibility index (Phi) is 6.49. The Morgan fingerprint density at radius 3 is 2.45 bits per heavy atom. The number of benzene rings is 3. The largest absolute Gasteiger partial charge is 0.354 e. The van der Waals surface area contributed by atoms with Crippen LogP contribution in [0.4, 0.5) is 17.1 Å². The molecule has 1 aliphatic heterocycles. The Balaban J connectivity index is 1.76. The minimum absolute atomic E-state index is 0.0141. The molecule has 0 saturated carbocycles. The van der Waals surface area contributed by atoms with E-state index < -0.39 is 0 Å². The molecule has 0 saturated heterocycles. The highest BCUT2D eigenvalue weighted by Crippen LogP contribution is 2.39. The van der Waals surface area contributed by atoms with E-state index in [4.69, 9.17) is 11.6 Å². The molecule has 1 aliphatic rings. The van der Waals surface area contributed by atoms with Crippen LogP contribution in [-0.4, -0.2) is 44.4 Å². The fourth-order valence-corrected chi connectivity index (χ4v) is 3.91. The number of nitrogens with one attached hydrogen (secondary N) is 2. The van der Waals surface area contributed by atoms with E-state index in [1.54, 1.807) is 24.1 Å². The van der Waals surface area contributed by atoms with Crippen LogP contribution in [0.2, 0.25) is 5.02 Å². The molecule has 7 heteroatoms. The molecule has 6 nitrogen and oxygen atoms in total. The van der Waals surface area contributed by atoms with Gasteiger partial charge < -0.3 is 20.4 Å². The number of hydrogen-bond acceptors (Lipinski definition) is 4. The van der Waals surface area contributed by atoms with Gasteiger partial charge in [0.1, 0.15) is 0 Å². The Morgan fingerprint density at radius 1 is 0.970 bits per heavy atom. The van der Waals surface area contributed by atoms with E-state index >= 15 is 0 Å². The molecule has 3 aromatic carbocycles. The van der Waals surface area contributed by atoms with Crippen LogP contribution in [0.5, 0.6) is 0 Å². The van der Waals surface area contributed by atoms with Gasteiger partial charge in [0.25, 0.3) is 5.91 Å². The van der Waals surface area contributed by atoms with Crippen molar-refractivity contribution in [2.45, 2.75) is 0 Å². The fraction of sp³-hybridized carbons (Fsp3) is 0.154. The van der Waals surface area contributed by atoms with Crippen molar-refractivity contribution < 1.29 is 9.59 Å². The lowest BCUT2D eigenvalue weighted by Crippen LogP contribution is -2.35. The van der Waals surface area contributed by atoms with E-state index in [0.29, 0.717) is 28.5 Å². The van der Waals surface area contributed by atoms with Crippen molar-refractivity contribution in [1.82, 2.24) is 4.90 Å². The summed E-state index contributed by atoms with van der Waals surface area (Å²) in [4.78, 5) is 29.0. The lowest BCUT2D eigenvalue weighted by atomic mass is 10.00. The summed E-state index contributed by atoms with van der Waals surface area (Å²) in [5.74, 6) is -0.215. The molecule has 3 aromatic rings. The Labute approximate surface area is 198 Å².